The molecule has 3 aromatic rings. The van der Waals surface area contributed by atoms with Gasteiger partial charge in [-0.25, -0.2) is 13.2 Å². The maximum Gasteiger partial charge on any atom is 0.374 e. The van der Waals surface area contributed by atoms with Gasteiger partial charge in [-0.2, -0.15) is 8.99 Å². The Morgan fingerprint density at radius 1 is 1.21 bits per heavy atom. The highest BCUT2D eigenvalue weighted by Gasteiger charge is 2.34. The van der Waals surface area contributed by atoms with Crippen LogP contribution in [0.3, 0.4) is 0 Å². The van der Waals surface area contributed by atoms with Crippen molar-refractivity contribution < 1.29 is 27.2 Å². The fraction of sp³-hybridized carbons (Fsp3) is 0.381. The molecular weight excluding hydrogens is 464 g/mol. The molecule has 2 aromatic heterocycles. The first-order chi connectivity index (χ1) is 16.3. The standard InChI is InChI=1S/C21H24N6O6S/c1-3-32-21(29)18-7-8-19(33-18)34(30,31)26-11-9-15(10-12-26)20(28)22-16-5-4-6-17(13-16)27-14(2)23-24-25-27/h4-8,13,15H,3,9-12H2,1-2H3,(H,22,28). The SMILES string of the molecule is CCOC(=O)c1ccc(S(=O)(=O)N2CCC(C(=O)Nc3cccc(-n4nnnc4C)c3)CC2)o1. The molecule has 1 amide bonds. The summed E-state index contributed by atoms with van der Waals surface area (Å²) in [7, 11) is -3.93. The van der Waals surface area contributed by atoms with Crippen molar-refractivity contribution in [2.75, 3.05) is 25.0 Å². The van der Waals surface area contributed by atoms with E-state index >= 15 is 0 Å². The Balaban J connectivity index is 1.37. The number of ether oxygens (including phenoxy) is 1. The zero-order chi connectivity index (χ0) is 24.3. The molecule has 1 aromatic carbocycles. The van der Waals surface area contributed by atoms with Crippen molar-refractivity contribution in [2.24, 2.45) is 5.92 Å². The first-order valence-electron chi connectivity index (χ1n) is 10.7. The zero-order valence-corrected chi connectivity index (χ0v) is 19.5. The highest BCUT2D eigenvalue weighted by atomic mass is 32.2. The van der Waals surface area contributed by atoms with Gasteiger partial charge in [-0.15, -0.1) is 5.10 Å². The number of benzene rings is 1. The Labute approximate surface area is 195 Å². The zero-order valence-electron chi connectivity index (χ0n) is 18.7. The van der Waals surface area contributed by atoms with Crippen molar-refractivity contribution in [3.63, 3.8) is 0 Å². The maximum atomic E-state index is 12.9. The maximum absolute atomic E-state index is 12.9. The average molecular weight is 489 g/mol. The Hall–Kier alpha value is -3.58. The third-order valence-electron chi connectivity index (χ3n) is 5.46. The second kappa shape index (κ2) is 9.73. The van der Waals surface area contributed by atoms with Gasteiger partial charge in [0.25, 0.3) is 10.0 Å². The van der Waals surface area contributed by atoms with Crippen LogP contribution in [0.25, 0.3) is 5.69 Å². The molecule has 12 nitrogen and oxygen atoms in total. The number of piperidine rings is 1. The molecule has 0 saturated carbocycles. The van der Waals surface area contributed by atoms with Crippen LogP contribution >= 0.6 is 0 Å². The summed E-state index contributed by atoms with van der Waals surface area (Å²) in [5, 5.41) is 14.0. The Bertz CT molecular complexity index is 1290. The van der Waals surface area contributed by atoms with Gasteiger partial charge in [0.2, 0.25) is 16.8 Å². The lowest BCUT2D eigenvalue weighted by Crippen LogP contribution is -2.41. The van der Waals surface area contributed by atoms with Gasteiger partial charge in [-0.3, -0.25) is 4.79 Å². The van der Waals surface area contributed by atoms with E-state index in [1.54, 1.807) is 36.7 Å². The minimum Gasteiger partial charge on any atom is -0.460 e. The summed E-state index contributed by atoms with van der Waals surface area (Å²) in [5.41, 5.74) is 1.30. The second-order valence-corrected chi connectivity index (χ2v) is 9.56. The molecule has 34 heavy (non-hydrogen) atoms. The molecule has 0 aliphatic carbocycles. The van der Waals surface area contributed by atoms with E-state index in [0.29, 0.717) is 30.0 Å². The number of furan rings is 1. The molecular formula is C21H24N6O6S. The third kappa shape index (κ3) is 4.84. The number of hydrogen-bond acceptors (Lipinski definition) is 9. The number of aryl methyl sites for hydroxylation is 1. The number of anilines is 1. The molecule has 3 heterocycles. The van der Waals surface area contributed by atoms with Crippen molar-refractivity contribution in [1.82, 2.24) is 24.5 Å². The van der Waals surface area contributed by atoms with Gasteiger partial charge in [-0.1, -0.05) is 6.07 Å². The highest BCUT2D eigenvalue weighted by molar-refractivity contribution is 7.89. The highest BCUT2D eigenvalue weighted by Crippen LogP contribution is 2.26. The van der Waals surface area contributed by atoms with Gasteiger partial charge in [0, 0.05) is 24.7 Å². The number of nitrogens with one attached hydrogen (secondary N) is 1. The van der Waals surface area contributed by atoms with Crippen LogP contribution in [0.1, 0.15) is 36.1 Å². The third-order valence-corrected chi connectivity index (χ3v) is 7.23. The van der Waals surface area contributed by atoms with Crippen molar-refractivity contribution >= 4 is 27.6 Å². The molecule has 0 atom stereocenters. The van der Waals surface area contributed by atoms with Crippen molar-refractivity contribution in [3.8, 4) is 5.69 Å². The molecule has 1 N–H and O–H groups in total. The number of carbonyl (C=O) groups excluding carboxylic acids is 2. The van der Waals surface area contributed by atoms with Crippen LogP contribution in [-0.2, 0) is 19.6 Å². The molecule has 180 valence electrons. The molecule has 1 saturated heterocycles. The van der Waals surface area contributed by atoms with Crippen LogP contribution in [0.5, 0.6) is 0 Å². The molecule has 4 rings (SSSR count). The average Bonchev–Trinajstić information content (AvgIpc) is 3.49. The van der Waals surface area contributed by atoms with Gasteiger partial charge in [0.15, 0.2) is 5.82 Å². The summed E-state index contributed by atoms with van der Waals surface area (Å²) in [6.45, 7) is 3.87. The summed E-state index contributed by atoms with van der Waals surface area (Å²) in [6.07, 6.45) is 0.699. The van der Waals surface area contributed by atoms with E-state index in [-0.39, 0.29) is 42.4 Å². The number of hydrogen-bond donors (Lipinski definition) is 1. The summed E-state index contributed by atoms with van der Waals surface area (Å²) < 4.78 is 38.6. The van der Waals surface area contributed by atoms with Crippen molar-refractivity contribution in [1.29, 1.82) is 0 Å². The molecule has 0 radical (unpaired) electrons. The molecule has 1 aliphatic heterocycles. The first-order valence-corrected chi connectivity index (χ1v) is 12.2. The lowest BCUT2D eigenvalue weighted by molar-refractivity contribution is -0.120. The molecule has 0 bridgehead atoms. The van der Waals surface area contributed by atoms with E-state index < -0.39 is 16.0 Å². The Kier molecular flexibility index (Phi) is 6.75. The van der Waals surface area contributed by atoms with E-state index in [1.807, 2.05) is 6.07 Å². The monoisotopic (exact) mass is 488 g/mol. The number of carbonyl (C=O) groups is 2. The smallest absolute Gasteiger partial charge is 0.374 e. The van der Waals surface area contributed by atoms with Gasteiger partial charge >= 0.3 is 5.97 Å². The topological polar surface area (TPSA) is 150 Å². The summed E-state index contributed by atoms with van der Waals surface area (Å²) >= 11 is 0. The lowest BCUT2D eigenvalue weighted by Gasteiger charge is -2.29. The Morgan fingerprint density at radius 2 is 1.97 bits per heavy atom. The number of rotatable bonds is 7. The van der Waals surface area contributed by atoms with E-state index in [1.165, 1.54) is 16.4 Å². The predicted octanol–water partition coefficient (Wildman–Crippen LogP) is 1.78. The lowest BCUT2D eigenvalue weighted by atomic mass is 9.97. The van der Waals surface area contributed by atoms with Crippen LogP contribution in [0.2, 0.25) is 0 Å². The number of tetrazole rings is 1. The largest absolute Gasteiger partial charge is 0.460 e. The van der Waals surface area contributed by atoms with E-state index in [9.17, 15) is 18.0 Å². The van der Waals surface area contributed by atoms with Crippen molar-refractivity contribution in [2.45, 2.75) is 31.8 Å². The summed E-state index contributed by atoms with van der Waals surface area (Å²) in [4.78, 5) is 24.6. The molecule has 0 unspecified atom stereocenters. The summed E-state index contributed by atoms with van der Waals surface area (Å²) in [5.74, 6) is -0.822. The second-order valence-electron chi connectivity index (χ2n) is 7.69. The van der Waals surface area contributed by atoms with Gasteiger partial charge in [0.05, 0.1) is 12.3 Å². The number of nitrogens with zero attached hydrogens (tertiary/aromatic N) is 5. The van der Waals surface area contributed by atoms with Crippen molar-refractivity contribution in [3.05, 3.63) is 48.0 Å². The number of amides is 1. The van der Waals surface area contributed by atoms with Crippen LogP contribution in [0.4, 0.5) is 5.69 Å². The molecule has 0 spiro atoms. The van der Waals surface area contributed by atoms with Gasteiger partial charge in [0.1, 0.15) is 0 Å². The van der Waals surface area contributed by atoms with Gasteiger partial charge in [-0.05, 0) is 67.4 Å². The minimum atomic E-state index is -3.93. The number of aromatic nitrogens is 4. The van der Waals surface area contributed by atoms with E-state index in [4.69, 9.17) is 9.15 Å². The van der Waals surface area contributed by atoms with Crippen LogP contribution < -0.4 is 5.32 Å². The molecule has 1 fully saturated rings. The fourth-order valence-corrected chi connectivity index (χ4v) is 5.07. The number of sulfonamides is 1. The fourth-order valence-electron chi connectivity index (χ4n) is 3.69. The van der Waals surface area contributed by atoms with E-state index in [0.717, 1.165) is 0 Å². The normalized spacial score (nSPS) is 15.2. The van der Waals surface area contributed by atoms with Crippen LogP contribution in [0, 0.1) is 12.8 Å². The van der Waals surface area contributed by atoms with Crippen LogP contribution in [0.15, 0.2) is 45.9 Å². The molecule has 13 heteroatoms. The number of esters is 1. The Morgan fingerprint density at radius 3 is 2.65 bits per heavy atom. The predicted molar refractivity (Wildman–Crippen MR) is 119 cm³/mol. The van der Waals surface area contributed by atoms with Gasteiger partial charge < -0.3 is 14.5 Å². The first kappa shape index (κ1) is 23.6. The minimum absolute atomic E-state index is 0.152. The van der Waals surface area contributed by atoms with Crippen LogP contribution in [-0.4, -0.2) is 64.5 Å². The molecule has 1 aliphatic rings. The van der Waals surface area contributed by atoms with E-state index in [2.05, 4.69) is 20.8 Å². The quantitative estimate of drug-likeness (QED) is 0.491. The summed E-state index contributed by atoms with van der Waals surface area (Å²) in [6, 6.07) is 9.65.